The van der Waals surface area contributed by atoms with Crippen molar-refractivity contribution in [3.05, 3.63) is 52.3 Å². The van der Waals surface area contributed by atoms with Gasteiger partial charge in [0.05, 0.1) is 23.1 Å². The fraction of sp³-hybridized carbons (Fsp3) is 0.294. The van der Waals surface area contributed by atoms with Crippen LogP contribution in [0.3, 0.4) is 0 Å². The number of para-hydroxylation sites is 1. The van der Waals surface area contributed by atoms with Gasteiger partial charge >= 0.3 is 0 Å². The van der Waals surface area contributed by atoms with Crippen molar-refractivity contribution in [2.24, 2.45) is 0 Å². The minimum Gasteiger partial charge on any atom is -0.296 e. The SMILES string of the molecule is Cc1nnc(NC(=O)c2cnn(-c3ccccc3C)c2C2CC2)s1. The molecule has 2 aromatic heterocycles. The average Bonchev–Trinajstić information content (AvgIpc) is 3.18. The Kier molecular flexibility index (Phi) is 3.65. The first kappa shape index (κ1) is 15.0. The number of carbonyl (C=O) groups excluding carboxylic acids is 1. The summed E-state index contributed by atoms with van der Waals surface area (Å²) in [5, 5.41) is 16.6. The molecule has 1 aliphatic rings. The summed E-state index contributed by atoms with van der Waals surface area (Å²) in [6.07, 6.45) is 3.84. The Balaban J connectivity index is 1.72. The monoisotopic (exact) mass is 339 g/mol. The molecule has 0 radical (unpaired) electrons. The second-order valence-electron chi connectivity index (χ2n) is 6.00. The lowest BCUT2D eigenvalue weighted by atomic mass is 10.1. The van der Waals surface area contributed by atoms with Crippen LogP contribution < -0.4 is 5.32 Å². The maximum absolute atomic E-state index is 12.7. The molecule has 0 saturated heterocycles. The number of rotatable bonds is 4. The lowest BCUT2D eigenvalue weighted by Gasteiger charge is -2.11. The highest BCUT2D eigenvalue weighted by Crippen LogP contribution is 2.42. The Morgan fingerprint density at radius 1 is 1.25 bits per heavy atom. The zero-order valence-electron chi connectivity index (χ0n) is 13.5. The number of amides is 1. The molecule has 3 aromatic rings. The molecule has 6 nitrogen and oxygen atoms in total. The lowest BCUT2D eigenvalue weighted by Crippen LogP contribution is -2.14. The zero-order valence-corrected chi connectivity index (χ0v) is 14.3. The fourth-order valence-electron chi connectivity index (χ4n) is 2.79. The second-order valence-corrected chi connectivity index (χ2v) is 7.18. The highest BCUT2D eigenvalue weighted by Gasteiger charge is 2.33. The van der Waals surface area contributed by atoms with Crippen LogP contribution in [0.25, 0.3) is 5.69 Å². The summed E-state index contributed by atoms with van der Waals surface area (Å²) in [6, 6.07) is 8.08. The third-order valence-corrected chi connectivity index (χ3v) is 4.86. The summed E-state index contributed by atoms with van der Waals surface area (Å²) < 4.78 is 1.91. The summed E-state index contributed by atoms with van der Waals surface area (Å²) in [7, 11) is 0. The molecule has 1 saturated carbocycles. The molecule has 0 aliphatic heterocycles. The highest BCUT2D eigenvalue weighted by atomic mass is 32.1. The molecule has 0 spiro atoms. The number of aryl methyl sites for hydroxylation is 2. The van der Waals surface area contributed by atoms with E-state index in [9.17, 15) is 4.79 Å². The van der Waals surface area contributed by atoms with Crippen molar-refractivity contribution < 1.29 is 4.79 Å². The van der Waals surface area contributed by atoms with Gasteiger partial charge in [0.15, 0.2) is 0 Å². The molecule has 0 atom stereocenters. The van der Waals surface area contributed by atoms with Crippen molar-refractivity contribution in [1.82, 2.24) is 20.0 Å². The molecule has 122 valence electrons. The van der Waals surface area contributed by atoms with Gasteiger partial charge in [0.1, 0.15) is 5.01 Å². The Morgan fingerprint density at radius 3 is 2.71 bits per heavy atom. The van der Waals surface area contributed by atoms with Gasteiger partial charge in [-0.1, -0.05) is 29.5 Å². The molecule has 1 aliphatic carbocycles. The zero-order chi connectivity index (χ0) is 16.7. The third-order valence-electron chi connectivity index (χ3n) is 4.11. The van der Waals surface area contributed by atoms with Crippen LogP contribution in [0.2, 0.25) is 0 Å². The molecule has 24 heavy (non-hydrogen) atoms. The largest absolute Gasteiger partial charge is 0.296 e. The van der Waals surface area contributed by atoms with Crippen molar-refractivity contribution in [2.45, 2.75) is 32.6 Å². The molecular formula is C17H17N5OS. The minimum absolute atomic E-state index is 0.173. The van der Waals surface area contributed by atoms with E-state index in [1.54, 1.807) is 6.20 Å². The van der Waals surface area contributed by atoms with E-state index in [1.807, 2.05) is 29.8 Å². The summed E-state index contributed by atoms with van der Waals surface area (Å²) in [5.74, 6) is 0.219. The van der Waals surface area contributed by atoms with Gasteiger partial charge < -0.3 is 0 Å². The maximum Gasteiger partial charge on any atom is 0.260 e. The van der Waals surface area contributed by atoms with Gasteiger partial charge in [-0.3, -0.25) is 10.1 Å². The van der Waals surface area contributed by atoms with Crippen molar-refractivity contribution in [3.8, 4) is 5.69 Å². The normalized spacial score (nSPS) is 13.9. The molecule has 1 amide bonds. The van der Waals surface area contributed by atoms with Gasteiger partial charge in [-0.15, -0.1) is 10.2 Å². The number of aromatic nitrogens is 4. The molecule has 1 fully saturated rings. The topological polar surface area (TPSA) is 72.7 Å². The number of hydrogen-bond donors (Lipinski definition) is 1. The first-order valence-corrected chi connectivity index (χ1v) is 8.70. The number of hydrogen-bond acceptors (Lipinski definition) is 5. The molecule has 0 unspecified atom stereocenters. The predicted molar refractivity (Wildman–Crippen MR) is 92.9 cm³/mol. The quantitative estimate of drug-likeness (QED) is 0.790. The van der Waals surface area contributed by atoms with Gasteiger partial charge in [-0.05, 0) is 38.3 Å². The fourth-order valence-corrected chi connectivity index (χ4v) is 3.37. The van der Waals surface area contributed by atoms with Gasteiger partial charge in [0.2, 0.25) is 5.13 Å². The highest BCUT2D eigenvalue weighted by molar-refractivity contribution is 7.15. The second kappa shape index (κ2) is 5.83. The molecule has 2 heterocycles. The van der Waals surface area contributed by atoms with Crippen LogP contribution >= 0.6 is 11.3 Å². The van der Waals surface area contributed by atoms with Gasteiger partial charge in [-0.2, -0.15) is 5.10 Å². The Hall–Kier alpha value is -2.54. The molecule has 1 aromatic carbocycles. The van der Waals surface area contributed by atoms with Crippen LogP contribution in [0.5, 0.6) is 0 Å². The summed E-state index contributed by atoms with van der Waals surface area (Å²) >= 11 is 1.36. The molecular weight excluding hydrogens is 322 g/mol. The first-order chi connectivity index (χ1) is 11.6. The smallest absolute Gasteiger partial charge is 0.260 e. The lowest BCUT2D eigenvalue weighted by molar-refractivity contribution is 0.102. The standard InChI is InChI=1S/C17H17N5OS/c1-10-5-3-4-6-14(10)22-15(12-7-8-12)13(9-18-22)16(23)19-17-21-20-11(2)24-17/h3-6,9,12H,7-8H2,1-2H3,(H,19,21,23). The van der Waals surface area contributed by atoms with Crippen LogP contribution in [0.1, 0.15) is 45.4 Å². The van der Waals surface area contributed by atoms with Crippen LogP contribution in [0.15, 0.2) is 30.5 Å². The van der Waals surface area contributed by atoms with Crippen molar-refractivity contribution >= 4 is 22.4 Å². The van der Waals surface area contributed by atoms with Crippen LogP contribution in [-0.4, -0.2) is 25.9 Å². The number of nitrogens with one attached hydrogen (secondary N) is 1. The van der Waals surface area contributed by atoms with Crippen LogP contribution in [0, 0.1) is 13.8 Å². The van der Waals surface area contributed by atoms with E-state index in [0.717, 1.165) is 34.8 Å². The van der Waals surface area contributed by atoms with E-state index >= 15 is 0 Å². The molecule has 0 bridgehead atoms. The van der Waals surface area contributed by atoms with E-state index < -0.39 is 0 Å². The maximum atomic E-state index is 12.7. The Morgan fingerprint density at radius 2 is 2.04 bits per heavy atom. The van der Waals surface area contributed by atoms with Gasteiger partial charge in [0.25, 0.3) is 5.91 Å². The van der Waals surface area contributed by atoms with Crippen molar-refractivity contribution in [2.75, 3.05) is 5.32 Å². The van der Waals surface area contributed by atoms with E-state index in [4.69, 9.17) is 0 Å². The minimum atomic E-state index is -0.173. The third kappa shape index (κ3) is 2.71. The van der Waals surface area contributed by atoms with E-state index in [-0.39, 0.29) is 5.91 Å². The van der Waals surface area contributed by atoms with E-state index in [1.165, 1.54) is 11.3 Å². The van der Waals surface area contributed by atoms with E-state index in [2.05, 4.69) is 33.6 Å². The number of carbonyl (C=O) groups is 1. The van der Waals surface area contributed by atoms with Crippen molar-refractivity contribution in [3.63, 3.8) is 0 Å². The number of benzene rings is 1. The van der Waals surface area contributed by atoms with Crippen LogP contribution in [0.4, 0.5) is 5.13 Å². The molecule has 4 rings (SSSR count). The average molecular weight is 339 g/mol. The van der Waals surface area contributed by atoms with Gasteiger partial charge in [-0.25, -0.2) is 4.68 Å². The van der Waals surface area contributed by atoms with Crippen molar-refractivity contribution in [1.29, 1.82) is 0 Å². The molecule has 7 heteroatoms. The Labute approximate surface area is 143 Å². The summed E-state index contributed by atoms with van der Waals surface area (Å²) in [4.78, 5) is 12.7. The first-order valence-electron chi connectivity index (χ1n) is 7.89. The predicted octanol–water partition coefficient (Wildman–Crippen LogP) is 3.47. The Bertz CT molecular complexity index is 909. The summed E-state index contributed by atoms with van der Waals surface area (Å²) in [6.45, 7) is 3.91. The number of anilines is 1. The summed E-state index contributed by atoms with van der Waals surface area (Å²) in [5.41, 5.74) is 3.76. The molecule has 1 N–H and O–H groups in total. The van der Waals surface area contributed by atoms with E-state index in [0.29, 0.717) is 16.6 Å². The van der Waals surface area contributed by atoms with Crippen LogP contribution in [-0.2, 0) is 0 Å². The van der Waals surface area contributed by atoms with Gasteiger partial charge in [0, 0.05) is 5.92 Å². The number of nitrogens with zero attached hydrogens (tertiary/aromatic N) is 4.